The Labute approximate surface area is 159 Å². The molecule has 2 fully saturated rings. The first-order valence-corrected chi connectivity index (χ1v) is 10.6. The van der Waals surface area contributed by atoms with Crippen LogP contribution in [-0.2, 0) is 4.79 Å². The molecule has 2 rings (SSSR count). The van der Waals surface area contributed by atoms with E-state index in [2.05, 4.69) is 12.2 Å². The number of hydrogen-bond acceptors (Lipinski definition) is 4. The summed E-state index contributed by atoms with van der Waals surface area (Å²) in [6, 6.07) is 1.74. The fourth-order valence-electron chi connectivity index (χ4n) is 3.75. The van der Waals surface area contributed by atoms with Crippen molar-refractivity contribution in [3.05, 3.63) is 4.91 Å². The highest BCUT2D eigenvalue weighted by Crippen LogP contribution is 2.22. The molecule has 0 aliphatic heterocycles. The van der Waals surface area contributed by atoms with E-state index in [1.165, 1.54) is 88.8 Å². The molecule has 2 aliphatic rings. The first-order chi connectivity index (χ1) is 12.6. The predicted octanol–water partition coefficient (Wildman–Crippen LogP) is 5.81. The van der Waals surface area contributed by atoms with E-state index in [0.717, 1.165) is 24.9 Å². The molecule has 0 radical (unpaired) electrons. The molecule has 0 bridgehead atoms. The van der Waals surface area contributed by atoms with Gasteiger partial charge in [-0.1, -0.05) is 71.1 Å². The molecule has 0 aromatic carbocycles. The molecule has 0 amide bonds. The largest absolute Gasteiger partial charge is 0.481 e. The van der Waals surface area contributed by atoms with E-state index < -0.39 is 5.97 Å². The summed E-state index contributed by atoms with van der Waals surface area (Å²) in [5.41, 5.74) is 0. The molecule has 6 nitrogen and oxygen atoms in total. The van der Waals surface area contributed by atoms with Crippen LogP contribution in [-0.4, -0.2) is 28.4 Å². The topological polar surface area (TPSA) is 99.0 Å². The molecule has 2 saturated carbocycles. The van der Waals surface area contributed by atoms with Gasteiger partial charge in [-0.3, -0.25) is 4.79 Å². The maximum Gasteiger partial charge on any atom is 0.303 e. The van der Waals surface area contributed by atoms with E-state index in [-0.39, 0.29) is 0 Å². The third kappa shape index (κ3) is 16.3. The van der Waals surface area contributed by atoms with Crippen LogP contribution in [0.2, 0.25) is 0 Å². The van der Waals surface area contributed by atoms with Gasteiger partial charge in [0.05, 0.1) is 0 Å². The van der Waals surface area contributed by atoms with Crippen LogP contribution in [0.3, 0.4) is 0 Å². The highest BCUT2D eigenvalue weighted by Gasteiger charge is 2.19. The smallest absolute Gasteiger partial charge is 0.303 e. The van der Waals surface area contributed by atoms with Gasteiger partial charge in [-0.2, -0.15) is 0 Å². The molecule has 0 aromatic rings. The van der Waals surface area contributed by atoms with Crippen molar-refractivity contribution in [2.45, 2.75) is 122 Å². The third-order valence-electron chi connectivity index (χ3n) is 5.18. The van der Waals surface area contributed by atoms with Crippen molar-refractivity contribution in [2.75, 3.05) is 0 Å². The molecular formula is C20H40N2O4. The molecular weight excluding hydrogens is 332 g/mol. The molecule has 6 heteroatoms. The first-order valence-electron chi connectivity index (χ1n) is 10.6. The van der Waals surface area contributed by atoms with Gasteiger partial charge in [-0.25, -0.2) is 0 Å². The van der Waals surface area contributed by atoms with Crippen LogP contribution < -0.4 is 5.32 Å². The van der Waals surface area contributed by atoms with E-state index >= 15 is 0 Å². The highest BCUT2D eigenvalue weighted by molar-refractivity contribution is 5.66. The van der Waals surface area contributed by atoms with Crippen molar-refractivity contribution in [2.24, 2.45) is 5.34 Å². The van der Waals surface area contributed by atoms with Crippen molar-refractivity contribution in [1.82, 2.24) is 5.32 Å². The Kier molecular flexibility index (Phi) is 17.8. The van der Waals surface area contributed by atoms with Crippen molar-refractivity contribution in [3.63, 3.8) is 0 Å². The van der Waals surface area contributed by atoms with Gasteiger partial charge in [-0.05, 0) is 32.1 Å². The molecule has 0 spiro atoms. The molecule has 0 saturated heterocycles. The minimum Gasteiger partial charge on any atom is -0.481 e. The monoisotopic (exact) mass is 372 g/mol. The number of carbonyl (C=O) groups is 1. The van der Waals surface area contributed by atoms with Gasteiger partial charge < -0.3 is 15.6 Å². The molecule has 26 heavy (non-hydrogen) atoms. The van der Waals surface area contributed by atoms with Crippen LogP contribution in [0.5, 0.6) is 0 Å². The summed E-state index contributed by atoms with van der Waals surface area (Å²) in [7, 11) is 0. The fourth-order valence-corrected chi connectivity index (χ4v) is 3.75. The zero-order valence-electron chi connectivity index (χ0n) is 16.6. The normalized spacial score (nSPS) is 18.0. The molecule has 2 aliphatic carbocycles. The molecule has 154 valence electrons. The Morgan fingerprint density at radius 2 is 1.31 bits per heavy atom. The van der Waals surface area contributed by atoms with Crippen molar-refractivity contribution in [1.29, 1.82) is 0 Å². The quantitative estimate of drug-likeness (QED) is 0.283. The number of carboxylic acids is 1. The Bertz CT molecular complexity index is 312. The molecule has 0 unspecified atom stereocenters. The minimum atomic E-state index is -0.670. The average molecular weight is 373 g/mol. The lowest BCUT2D eigenvalue weighted by Gasteiger charge is -2.30. The lowest BCUT2D eigenvalue weighted by atomic mass is 9.91. The summed E-state index contributed by atoms with van der Waals surface area (Å²) < 4.78 is 0. The molecule has 0 atom stereocenters. The van der Waals surface area contributed by atoms with E-state index in [9.17, 15) is 4.79 Å². The summed E-state index contributed by atoms with van der Waals surface area (Å²) in [5, 5.41) is 20.0. The molecule has 3 N–H and O–H groups in total. The van der Waals surface area contributed by atoms with E-state index in [1.54, 1.807) is 0 Å². The number of carboxylic acid groups (broad SMARTS) is 1. The number of aliphatic carboxylic acids is 1. The Balaban J connectivity index is 0.000000432. The zero-order valence-corrected chi connectivity index (χ0v) is 16.6. The van der Waals surface area contributed by atoms with E-state index in [4.69, 9.17) is 15.2 Å². The zero-order chi connectivity index (χ0) is 19.5. The minimum absolute atomic E-state index is 0.337. The number of unbranched alkanes of at least 4 members (excludes halogenated alkanes) is 4. The van der Waals surface area contributed by atoms with Gasteiger partial charge >= 0.3 is 5.97 Å². The standard InChI is InChI=1S/C12H23N.C8H16O2.HNO2/c1-3-7-11(8-4-1)13-12-9-5-2-6-10-12;1-2-3-4-5-6-7-8(9)10;2-1-3/h11-13H,1-10H2;2-7H2,1H3,(H,9,10);(H,2,3). The van der Waals surface area contributed by atoms with Crippen LogP contribution in [0.1, 0.15) is 110 Å². The second-order valence-electron chi connectivity index (χ2n) is 7.48. The van der Waals surface area contributed by atoms with Gasteiger partial charge in [0.25, 0.3) is 0 Å². The number of nitrogens with zero attached hydrogens (tertiary/aromatic N) is 1. The van der Waals surface area contributed by atoms with E-state index in [1.807, 2.05) is 0 Å². The Hall–Kier alpha value is -1.17. The van der Waals surface area contributed by atoms with E-state index in [0.29, 0.717) is 6.42 Å². The summed E-state index contributed by atoms with van der Waals surface area (Å²) >= 11 is 0. The average Bonchev–Trinajstić information content (AvgIpc) is 2.64. The van der Waals surface area contributed by atoms with Crippen LogP contribution in [0.4, 0.5) is 0 Å². The van der Waals surface area contributed by atoms with Crippen LogP contribution >= 0.6 is 0 Å². The predicted molar refractivity (Wildman–Crippen MR) is 105 cm³/mol. The number of rotatable bonds is 8. The summed E-state index contributed by atoms with van der Waals surface area (Å²) in [6.07, 6.45) is 20.4. The summed E-state index contributed by atoms with van der Waals surface area (Å²) in [6.45, 7) is 2.15. The van der Waals surface area contributed by atoms with Crippen LogP contribution in [0.15, 0.2) is 5.34 Å². The van der Waals surface area contributed by atoms with Crippen molar-refractivity contribution >= 4 is 5.97 Å². The number of nitrogens with one attached hydrogen (secondary N) is 1. The van der Waals surface area contributed by atoms with Crippen molar-refractivity contribution in [3.8, 4) is 0 Å². The lowest BCUT2D eigenvalue weighted by Crippen LogP contribution is -2.40. The maximum atomic E-state index is 10.0. The van der Waals surface area contributed by atoms with Gasteiger partial charge in [0.1, 0.15) is 0 Å². The summed E-state index contributed by atoms with van der Waals surface area (Å²) in [5.74, 6) is -0.670. The van der Waals surface area contributed by atoms with Gasteiger partial charge in [0.2, 0.25) is 0 Å². The molecule has 0 heterocycles. The lowest BCUT2D eigenvalue weighted by molar-refractivity contribution is -0.137. The molecule has 0 aromatic heterocycles. The maximum absolute atomic E-state index is 10.0. The van der Waals surface area contributed by atoms with Gasteiger partial charge in [-0.15, -0.1) is 4.91 Å². The van der Waals surface area contributed by atoms with Gasteiger partial charge in [0.15, 0.2) is 5.34 Å². The Morgan fingerprint density at radius 1 is 0.885 bits per heavy atom. The summed E-state index contributed by atoms with van der Waals surface area (Å²) in [4.78, 5) is 18.1. The second-order valence-corrected chi connectivity index (χ2v) is 7.48. The fraction of sp³-hybridized carbons (Fsp3) is 0.950. The third-order valence-corrected chi connectivity index (χ3v) is 5.18. The second kappa shape index (κ2) is 18.6. The Morgan fingerprint density at radius 3 is 1.69 bits per heavy atom. The van der Waals surface area contributed by atoms with Crippen LogP contribution in [0, 0.1) is 4.91 Å². The highest BCUT2D eigenvalue weighted by atomic mass is 16.6. The number of hydrogen-bond donors (Lipinski definition) is 3. The SMILES string of the molecule is C1CCC(NC2CCCCC2)CC1.CCCCCCCC(=O)O.O=NO. The van der Waals surface area contributed by atoms with Gasteiger partial charge in [0, 0.05) is 18.5 Å². The first kappa shape index (κ1) is 24.8. The van der Waals surface area contributed by atoms with Crippen LogP contribution in [0.25, 0.3) is 0 Å². The van der Waals surface area contributed by atoms with Crippen molar-refractivity contribution < 1.29 is 15.1 Å².